The van der Waals surface area contributed by atoms with Crippen molar-refractivity contribution in [3.05, 3.63) is 71.6 Å². The van der Waals surface area contributed by atoms with Crippen LogP contribution in [0.5, 0.6) is 0 Å². The van der Waals surface area contributed by atoms with Gasteiger partial charge in [-0.2, -0.15) is 0 Å². The highest BCUT2D eigenvalue weighted by Gasteiger charge is 2.12. The van der Waals surface area contributed by atoms with Crippen molar-refractivity contribution in [2.24, 2.45) is 5.92 Å². The average Bonchev–Trinajstić information content (AvgIpc) is 3.06. The van der Waals surface area contributed by atoms with Crippen molar-refractivity contribution >= 4 is 23.0 Å². The largest absolute Gasteiger partial charge is 0.328 e. The maximum Gasteiger partial charge on any atom is 0.267 e. The molecular weight excluding hydrogens is 362 g/mol. The van der Waals surface area contributed by atoms with Gasteiger partial charge in [-0.15, -0.1) is 0 Å². The molecule has 0 unspecified atom stereocenters. The fraction of sp³-hybridized carbons (Fsp3) is 0.333. The minimum Gasteiger partial charge on any atom is -0.328 e. The van der Waals surface area contributed by atoms with Crippen molar-refractivity contribution in [1.29, 1.82) is 0 Å². The lowest BCUT2D eigenvalue weighted by Gasteiger charge is -2.12. The van der Waals surface area contributed by atoms with Crippen LogP contribution in [0.1, 0.15) is 43.6 Å². The van der Waals surface area contributed by atoms with E-state index < -0.39 is 5.91 Å². The van der Waals surface area contributed by atoms with Crippen LogP contribution in [0.15, 0.2) is 54.6 Å². The predicted octanol–water partition coefficient (Wildman–Crippen LogP) is 4.78. The summed E-state index contributed by atoms with van der Waals surface area (Å²) in [5, 5.41) is 8.62. The number of hydrogen-bond acceptors (Lipinski definition) is 3. The monoisotopic (exact) mass is 391 g/mol. The quantitative estimate of drug-likeness (QED) is 0.239. The molecule has 5 heteroatoms. The van der Waals surface area contributed by atoms with E-state index in [2.05, 4.69) is 54.8 Å². The second-order valence-electron chi connectivity index (χ2n) is 7.78. The molecule has 1 amide bonds. The Bertz CT molecular complexity index is 974. The first-order valence-corrected chi connectivity index (χ1v) is 10.2. The number of unbranched alkanes of at least 4 members (excludes halogenated alkanes) is 1. The number of nitrogens with zero attached hydrogens (tertiary/aromatic N) is 2. The van der Waals surface area contributed by atoms with Crippen molar-refractivity contribution in [2.75, 3.05) is 0 Å². The van der Waals surface area contributed by atoms with E-state index in [1.807, 2.05) is 12.1 Å². The summed E-state index contributed by atoms with van der Waals surface area (Å²) in [6, 6.07) is 16.6. The van der Waals surface area contributed by atoms with E-state index in [1.165, 1.54) is 11.6 Å². The highest BCUT2D eigenvalue weighted by Crippen LogP contribution is 2.22. The fourth-order valence-corrected chi connectivity index (χ4v) is 3.53. The molecule has 0 aliphatic heterocycles. The van der Waals surface area contributed by atoms with Gasteiger partial charge >= 0.3 is 0 Å². The van der Waals surface area contributed by atoms with Crippen LogP contribution in [0, 0.1) is 5.92 Å². The molecule has 1 heterocycles. The summed E-state index contributed by atoms with van der Waals surface area (Å²) in [5.41, 5.74) is 5.93. The van der Waals surface area contributed by atoms with Gasteiger partial charge in [-0.05, 0) is 54.5 Å². The van der Waals surface area contributed by atoms with Gasteiger partial charge in [0.25, 0.3) is 5.91 Å². The Morgan fingerprint density at radius 3 is 2.62 bits per heavy atom. The van der Waals surface area contributed by atoms with Crippen molar-refractivity contribution in [3.8, 4) is 0 Å². The number of fused-ring (bicyclic) bond motifs is 1. The molecule has 0 bridgehead atoms. The van der Waals surface area contributed by atoms with Gasteiger partial charge in [0.05, 0.1) is 11.0 Å². The number of rotatable bonds is 9. The Labute approximate surface area is 172 Å². The molecule has 0 atom stereocenters. The Kier molecular flexibility index (Phi) is 7.19. The molecule has 152 valence electrons. The van der Waals surface area contributed by atoms with Gasteiger partial charge in [0, 0.05) is 19.0 Å². The number of carbonyl (C=O) groups excluding carboxylic acids is 1. The molecule has 1 aromatic heterocycles. The first-order valence-electron chi connectivity index (χ1n) is 10.2. The second-order valence-corrected chi connectivity index (χ2v) is 7.78. The third-order valence-electron chi connectivity index (χ3n) is 4.90. The Balaban J connectivity index is 1.75. The van der Waals surface area contributed by atoms with Gasteiger partial charge in [0.2, 0.25) is 0 Å². The van der Waals surface area contributed by atoms with Crippen LogP contribution >= 0.6 is 0 Å². The zero-order valence-corrected chi connectivity index (χ0v) is 17.1. The smallest absolute Gasteiger partial charge is 0.267 e. The summed E-state index contributed by atoms with van der Waals surface area (Å²) in [7, 11) is 0. The summed E-state index contributed by atoms with van der Waals surface area (Å²) in [6.45, 7) is 5.37. The summed E-state index contributed by atoms with van der Waals surface area (Å²) in [5.74, 6) is 1.11. The minimum absolute atomic E-state index is 0.531. The molecule has 0 aliphatic rings. The summed E-state index contributed by atoms with van der Waals surface area (Å²) >= 11 is 0. The first-order chi connectivity index (χ1) is 14.1. The number of hydrogen-bond donors (Lipinski definition) is 2. The maximum absolute atomic E-state index is 11.2. The molecular formula is C24H29N3O2. The Morgan fingerprint density at radius 2 is 1.90 bits per heavy atom. The standard InChI is InChI=1S/C24H29N3O2/c1-18(2)17-27-22-14-12-20(13-15-24(28)26-29)16-21(22)25-23(27)11-7-6-10-19-8-4-3-5-9-19/h3-5,8-9,12-16,18,29H,6-7,10-11,17H2,1-2H3,(H,26,28). The molecule has 0 fully saturated rings. The molecule has 0 spiro atoms. The molecule has 0 saturated carbocycles. The zero-order valence-electron chi connectivity index (χ0n) is 17.1. The Morgan fingerprint density at radius 1 is 1.14 bits per heavy atom. The van der Waals surface area contributed by atoms with Crippen LogP contribution in [0.4, 0.5) is 0 Å². The number of benzene rings is 2. The van der Waals surface area contributed by atoms with Crippen molar-refractivity contribution in [2.45, 2.75) is 46.1 Å². The summed E-state index contributed by atoms with van der Waals surface area (Å²) in [6.07, 6.45) is 7.25. The predicted molar refractivity (Wildman–Crippen MR) is 117 cm³/mol. The number of nitrogens with one attached hydrogen (secondary N) is 1. The SMILES string of the molecule is CC(C)Cn1c(CCCCc2ccccc2)nc2cc(C=CC(=O)NO)ccc21. The van der Waals surface area contributed by atoms with E-state index in [9.17, 15) is 4.79 Å². The van der Waals surface area contributed by atoms with E-state index in [0.29, 0.717) is 5.92 Å². The molecule has 0 saturated heterocycles. The minimum atomic E-state index is -0.547. The van der Waals surface area contributed by atoms with Gasteiger partial charge in [0.15, 0.2) is 0 Å². The van der Waals surface area contributed by atoms with Gasteiger partial charge in [-0.1, -0.05) is 50.2 Å². The van der Waals surface area contributed by atoms with Gasteiger partial charge in [-0.3, -0.25) is 10.0 Å². The van der Waals surface area contributed by atoms with Crippen LogP contribution in [0.25, 0.3) is 17.1 Å². The lowest BCUT2D eigenvalue weighted by molar-refractivity contribution is -0.124. The average molecular weight is 392 g/mol. The number of carbonyl (C=O) groups is 1. The van der Waals surface area contributed by atoms with Gasteiger partial charge in [-0.25, -0.2) is 10.5 Å². The molecule has 0 aliphatic carbocycles. The third-order valence-corrected chi connectivity index (χ3v) is 4.90. The van der Waals surface area contributed by atoms with Crippen molar-refractivity contribution in [3.63, 3.8) is 0 Å². The second kappa shape index (κ2) is 10.0. The summed E-state index contributed by atoms with van der Waals surface area (Å²) < 4.78 is 2.33. The lowest BCUT2D eigenvalue weighted by Crippen LogP contribution is -2.14. The number of imidazole rings is 1. The van der Waals surface area contributed by atoms with Crippen molar-refractivity contribution < 1.29 is 10.0 Å². The number of aromatic nitrogens is 2. The van der Waals surface area contributed by atoms with Crippen LogP contribution in [0.2, 0.25) is 0 Å². The van der Waals surface area contributed by atoms with E-state index in [1.54, 1.807) is 11.6 Å². The van der Waals surface area contributed by atoms with E-state index in [4.69, 9.17) is 10.2 Å². The normalized spacial score (nSPS) is 11.6. The van der Waals surface area contributed by atoms with Crippen LogP contribution < -0.4 is 5.48 Å². The topological polar surface area (TPSA) is 67.2 Å². The Hall–Kier alpha value is -2.92. The fourth-order valence-electron chi connectivity index (χ4n) is 3.53. The van der Waals surface area contributed by atoms with E-state index in [0.717, 1.165) is 54.6 Å². The van der Waals surface area contributed by atoms with E-state index in [-0.39, 0.29) is 0 Å². The molecule has 3 aromatic rings. The number of amides is 1. The molecule has 2 N–H and O–H groups in total. The first kappa shape index (κ1) is 20.8. The molecule has 5 nitrogen and oxygen atoms in total. The van der Waals surface area contributed by atoms with Gasteiger partial charge < -0.3 is 4.57 Å². The van der Waals surface area contributed by atoms with Gasteiger partial charge in [0.1, 0.15) is 5.82 Å². The zero-order chi connectivity index (χ0) is 20.6. The molecule has 2 aromatic carbocycles. The summed E-state index contributed by atoms with van der Waals surface area (Å²) in [4.78, 5) is 16.1. The highest BCUT2D eigenvalue weighted by molar-refractivity contribution is 5.91. The molecule has 29 heavy (non-hydrogen) atoms. The van der Waals surface area contributed by atoms with Crippen LogP contribution in [0.3, 0.4) is 0 Å². The maximum atomic E-state index is 11.2. The van der Waals surface area contributed by atoms with Crippen LogP contribution in [-0.4, -0.2) is 20.7 Å². The lowest BCUT2D eigenvalue weighted by atomic mass is 10.1. The van der Waals surface area contributed by atoms with E-state index >= 15 is 0 Å². The van der Waals surface area contributed by atoms with Crippen molar-refractivity contribution in [1.82, 2.24) is 15.0 Å². The third kappa shape index (κ3) is 5.78. The van der Waals surface area contributed by atoms with Crippen LogP contribution in [-0.2, 0) is 24.2 Å². The number of aryl methyl sites for hydroxylation is 2. The molecule has 3 rings (SSSR count). The highest BCUT2D eigenvalue weighted by atomic mass is 16.5. The number of hydroxylamine groups is 1. The molecule has 0 radical (unpaired) electrons.